The summed E-state index contributed by atoms with van der Waals surface area (Å²) in [6.07, 6.45) is 3.69. The average Bonchev–Trinajstić information content (AvgIpc) is 2.82. The number of ether oxygens (including phenoxy) is 1. The highest BCUT2D eigenvalue weighted by Gasteiger charge is 2.26. The lowest BCUT2D eigenvalue weighted by atomic mass is 10.1. The molecule has 0 spiro atoms. The first-order valence-corrected chi connectivity index (χ1v) is 6.83. The molecule has 1 amide bonds. The summed E-state index contributed by atoms with van der Waals surface area (Å²) in [4.78, 5) is 16.2. The third kappa shape index (κ3) is 3.67. The van der Waals surface area contributed by atoms with Crippen LogP contribution in [0.1, 0.15) is 37.2 Å². The van der Waals surface area contributed by atoms with Crippen LogP contribution in [-0.4, -0.2) is 36.2 Å². The average molecular weight is 263 g/mol. The Hall–Kier alpha value is -1.62. The van der Waals surface area contributed by atoms with Gasteiger partial charge in [-0.05, 0) is 31.9 Å². The van der Waals surface area contributed by atoms with Crippen molar-refractivity contribution < 1.29 is 9.53 Å². The molecule has 2 rings (SSSR count). The van der Waals surface area contributed by atoms with Gasteiger partial charge in [0.2, 0.25) is 0 Å². The fraction of sp³-hybridized carbons (Fsp3) is 0.571. The Balaban J connectivity index is 1.91. The number of amides is 1. The van der Waals surface area contributed by atoms with Crippen LogP contribution >= 0.6 is 0 Å². The Morgan fingerprint density at radius 2 is 2.37 bits per heavy atom. The van der Waals surface area contributed by atoms with Crippen LogP contribution in [-0.2, 0) is 4.74 Å². The Bertz CT molecular complexity index is 419. The van der Waals surface area contributed by atoms with Crippen LogP contribution in [0.25, 0.3) is 0 Å². The maximum absolute atomic E-state index is 12.0. The van der Waals surface area contributed by atoms with E-state index in [9.17, 15) is 4.79 Å². The second-order valence-corrected chi connectivity index (χ2v) is 4.80. The Kier molecular flexibility index (Phi) is 4.74. The van der Waals surface area contributed by atoms with Gasteiger partial charge in [-0.25, -0.2) is 4.98 Å². The van der Waals surface area contributed by atoms with Gasteiger partial charge in [-0.15, -0.1) is 0 Å². The molecule has 1 fully saturated rings. The van der Waals surface area contributed by atoms with Gasteiger partial charge in [-0.2, -0.15) is 0 Å². The molecule has 1 aliphatic heterocycles. The molecule has 1 aromatic rings. The van der Waals surface area contributed by atoms with Gasteiger partial charge in [0.15, 0.2) is 0 Å². The number of carbonyl (C=O) groups excluding carboxylic acids is 1. The number of hydrogen-bond acceptors (Lipinski definition) is 4. The molecular weight excluding hydrogens is 242 g/mol. The van der Waals surface area contributed by atoms with E-state index in [0.717, 1.165) is 25.1 Å². The maximum Gasteiger partial charge on any atom is 0.270 e. The molecule has 1 aliphatic rings. The molecule has 0 saturated carbocycles. The highest BCUT2D eigenvalue weighted by atomic mass is 16.5. The van der Waals surface area contributed by atoms with E-state index in [1.165, 1.54) is 0 Å². The number of anilines is 1. The Morgan fingerprint density at radius 1 is 1.53 bits per heavy atom. The summed E-state index contributed by atoms with van der Waals surface area (Å²) in [6, 6.07) is 3.71. The van der Waals surface area contributed by atoms with Gasteiger partial charge in [0.05, 0.1) is 24.0 Å². The first-order chi connectivity index (χ1) is 9.20. The fourth-order valence-electron chi connectivity index (χ4n) is 2.07. The van der Waals surface area contributed by atoms with Crippen LogP contribution in [0.2, 0.25) is 0 Å². The van der Waals surface area contributed by atoms with Crippen LogP contribution in [0, 0.1) is 0 Å². The monoisotopic (exact) mass is 263 g/mol. The third-order valence-electron chi connectivity index (χ3n) is 3.27. The largest absolute Gasteiger partial charge is 0.384 e. The second kappa shape index (κ2) is 6.52. The van der Waals surface area contributed by atoms with Gasteiger partial charge in [0, 0.05) is 13.2 Å². The SMILES string of the molecule is CCCNc1ccc(C(=O)NC2CCOC2C)nc1. The molecule has 0 bridgehead atoms. The fourth-order valence-corrected chi connectivity index (χ4v) is 2.07. The van der Waals surface area contributed by atoms with Gasteiger partial charge >= 0.3 is 0 Å². The molecule has 1 saturated heterocycles. The van der Waals surface area contributed by atoms with E-state index in [-0.39, 0.29) is 18.1 Å². The summed E-state index contributed by atoms with van der Waals surface area (Å²) >= 11 is 0. The normalized spacial score (nSPS) is 22.2. The van der Waals surface area contributed by atoms with Crippen LogP contribution < -0.4 is 10.6 Å². The number of hydrogen-bond donors (Lipinski definition) is 2. The third-order valence-corrected chi connectivity index (χ3v) is 3.27. The lowest BCUT2D eigenvalue weighted by Gasteiger charge is -2.15. The van der Waals surface area contributed by atoms with E-state index in [0.29, 0.717) is 12.3 Å². The lowest BCUT2D eigenvalue weighted by molar-refractivity contribution is 0.0862. The van der Waals surface area contributed by atoms with Crippen molar-refractivity contribution >= 4 is 11.6 Å². The Labute approximate surface area is 113 Å². The summed E-state index contributed by atoms with van der Waals surface area (Å²) in [5.74, 6) is -0.135. The molecule has 19 heavy (non-hydrogen) atoms. The molecule has 2 heterocycles. The molecule has 0 radical (unpaired) electrons. The number of nitrogens with zero attached hydrogens (tertiary/aromatic N) is 1. The molecule has 0 aliphatic carbocycles. The first kappa shape index (κ1) is 13.8. The van der Waals surface area contributed by atoms with E-state index < -0.39 is 0 Å². The highest BCUT2D eigenvalue weighted by Crippen LogP contribution is 2.13. The standard InChI is InChI=1S/C14H21N3O2/c1-3-7-15-11-4-5-13(16-9-11)14(18)17-12-6-8-19-10(12)2/h4-5,9-10,12,15H,3,6-8H2,1-2H3,(H,17,18). The van der Waals surface area contributed by atoms with Crippen molar-refractivity contribution in [1.29, 1.82) is 0 Å². The van der Waals surface area contributed by atoms with E-state index >= 15 is 0 Å². The molecule has 2 N–H and O–H groups in total. The molecule has 2 atom stereocenters. The van der Waals surface area contributed by atoms with Gasteiger partial charge in [0.1, 0.15) is 5.69 Å². The predicted octanol–water partition coefficient (Wildman–Crippen LogP) is 1.81. The molecule has 2 unspecified atom stereocenters. The van der Waals surface area contributed by atoms with Crippen molar-refractivity contribution in [2.75, 3.05) is 18.5 Å². The van der Waals surface area contributed by atoms with Gasteiger partial charge in [0.25, 0.3) is 5.91 Å². The molecule has 5 nitrogen and oxygen atoms in total. The topological polar surface area (TPSA) is 63.2 Å². The van der Waals surface area contributed by atoms with E-state index in [2.05, 4.69) is 22.5 Å². The van der Waals surface area contributed by atoms with Crippen LogP contribution in [0.3, 0.4) is 0 Å². The second-order valence-electron chi connectivity index (χ2n) is 4.80. The minimum atomic E-state index is -0.135. The van der Waals surface area contributed by atoms with Gasteiger partial charge in [-0.3, -0.25) is 4.79 Å². The number of carbonyl (C=O) groups is 1. The summed E-state index contributed by atoms with van der Waals surface area (Å²) in [5, 5.41) is 6.19. The lowest BCUT2D eigenvalue weighted by Crippen LogP contribution is -2.39. The highest BCUT2D eigenvalue weighted by molar-refractivity contribution is 5.92. The van der Waals surface area contributed by atoms with Crippen LogP contribution in [0.5, 0.6) is 0 Å². The number of aromatic nitrogens is 1. The van der Waals surface area contributed by atoms with E-state index in [1.54, 1.807) is 12.3 Å². The number of nitrogens with one attached hydrogen (secondary N) is 2. The first-order valence-electron chi connectivity index (χ1n) is 6.83. The van der Waals surface area contributed by atoms with Gasteiger partial charge in [-0.1, -0.05) is 6.92 Å². The summed E-state index contributed by atoms with van der Waals surface area (Å²) in [5.41, 5.74) is 1.39. The summed E-state index contributed by atoms with van der Waals surface area (Å²) in [6.45, 7) is 5.69. The van der Waals surface area contributed by atoms with E-state index in [1.807, 2.05) is 13.0 Å². The molecule has 104 valence electrons. The van der Waals surface area contributed by atoms with Crippen LogP contribution in [0.15, 0.2) is 18.3 Å². The van der Waals surface area contributed by atoms with Crippen molar-refractivity contribution in [3.63, 3.8) is 0 Å². The molecule has 5 heteroatoms. The zero-order valence-electron chi connectivity index (χ0n) is 11.5. The van der Waals surface area contributed by atoms with Gasteiger partial charge < -0.3 is 15.4 Å². The minimum absolute atomic E-state index is 0.0782. The zero-order valence-corrected chi connectivity index (χ0v) is 11.5. The molecule has 1 aromatic heterocycles. The van der Waals surface area contributed by atoms with Crippen molar-refractivity contribution in [2.45, 2.75) is 38.8 Å². The van der Waals surface area contributed by atoms with Crippen LogP contribution in [0.4, 0.5) is 5.69 Å². The maximum atomic E-state index is 12.0. The quantitative estimate of drug-likeness (QED) is 0.850. The van der Waals surface area contributed by atoms with Crippen molar-refractivity contribution in [3.05, 3.63) is 24.0 Å². The smallest absolute Gasteiger partial charge is 0.270 e. The number of pyridine rings is 1. The Morgan fingerprint density at radius 3 is 2.95 bits per heavy atom. The van der Waals surface area contributed by atoms with E-state index in [4.69, 9.17) is 4.74 Å². The summed E-state index contributed by atoms with van der Waals surface area (Å²) in [7, 11) is 0. The van der Waals surface area contributed by atoms with Crippen molar-refractivity contribution in [3.8, 4) is 0 Å². The molecular formula is C14H21N3O2. The summed E-state index contributed by atoms with van der Waals surface area (Å²) < 4.78 is 5.42. The number of rotatable bonds is 5. The van der Waals surface area contributed by atoms with Crippen molar-refractivity contribution in [2.24, 2.45) is 0 Å². The molecule has 0 aromatic carbocycles. The predicted molar refractivity (Wildman–Crippen MR) is 74.3 cm³/mol. The van der Waals surface area contributed by atoms with Crippen molar-refractivity contribution in [1.82, 2.24) is 10.3 Å². The minimum Gasteiger partial charge on any atom is -0.384 e. The zero-order chi connectivity index (χ0) is 13.7.